The third-order valence-electron chi connectivity index (χ3n) is 2.41. The van der Waals surface area contributed by atoms with Crippen LogP contribution in [-0.4, -0.2) is 19.7 Å². The molecule has 0 spiro atoms. The van der Waals surface area contributed by atoms with Crippen LogP contribution in [0.3, 0.4) is 0 Å². The molecule has 88 valence electrons. The second-order valence-electron chi connectivity index (χ2n) is 3.68. The Morgan fingerprint density at radius 3 is 2.61 bits per heavy atom. The van der Waals surface area contributed by atoms with E-state index in [2.05, 4.69) is 20.4 Å². The lowest BCUT2D eigenvalue weighted by Gasteiger charge is -2.06. The van der Waals surface area contributed by atoms with E-state index in [0.29, 0.717) is 5.95 Å². The van der Waals surface area contributed by atoms with E-state index in [0.717, 1.165) is 11.5 Å². The number of nitrogens with one attached hydrogen (secondary N) is 1. The van der Waals surface area contributed by atoms with Crippen LogP contribution in [0.5, 0.6) is 0 Å². The number of rotatable bonds is 3. The van der Waals surface area contributed by atoms with Crippen molar-refractivity contribution in [3.05, 3.63) is 61.1 Å². The largest absolute Gasteiger partial charge is 0.324 e. The predicted octanol–water partition coefficient (Wildman–Crippen LogP) is 2.41. The number of anilines is 2. The smallest absolute Gasteiger partial charge is 0.229 e. The first kappa shape index (κ1) is 10.5. The van der Waals surface area contributed by atoms with Crippen molar-refractivity contribution < 1.29 is 0 Å². The molecule has 0 bridgehead atoms. The summed E-state index contributed by atoms with van der Waals surface area (Å²) in [4.78, 5) is 8.57. The average molecular weight is 237 g/mol. The highest BCUT2D eigenvalue weighted by Crippen LogP contribution is 2.12. The second-order valence-corrected chi connectivity index (χ2v) is 3.68. The zero-order valence-electron chi connectivity index (χ0n) is 9.56. The van der Waals surface area contributed by atoms with Gasteiger partial charge in [-0.3, -0.25) is 0 Å². The summed E-state index contributed by atoms with van der Waals surface area (Å²) in [6.45, 7) is 0. The predicted molar refractivity (Wildman–Crippen MR) is 68.9 cm³/mol. The Hall–Kier alpha value is -2.69. The molecule has 1 aromatic carbocycles. The van der Waals surface area contributed by atoms with Crippen molar-refractivity contribution in [3.63, 3.8) is 0 Å². The van der Waals surface area contributed by atoms with E-state index in [1.807, 2.05) is 48.7 Å². The number of hydrogen-bond acceptors (Lipinski definition) is 4. The van der Waals surface area contributed by atoms with Crippen molar-refractivity contribution >= 4 is 11.6 Å². The Bertz CT molecular complexity index is 619. The van der Waals surface area contributed by atoms with Crippen molar-refractivity contribution in [1.29, 1.82) is 0 Å². The summed E-state index contributed by atoms with van der Waals surface area (Å²) >= 11 is 0. The molecule has 18 heavy (non-hydrogen) atoms. The van der Waals surface area contributed by atoms with Gasteiger partial charge in [0.1, 0.15) is 0 Å². The first-order valence-corrected chi connectivity index (χ1v) is 5.57. The molecule has 0 saturated heterocycles. The number of benzene rings is 1. The van der Waals surface area contributed by atoms with Crippen LogP contribution in [0, 0.1) is 0 Å². The number of aromatic nitrogens is 4. The summed E-state index contributed by atoms with van der Waals surface area (Å²) in [7, 11) is 0. The summed E-state index contributed by atoms with van der Waals surface area (Å²) in [6, 6.07) is 13.5. The standard InChI is InChI=1S/C13H11N5/c1-2-5-11(6-3-1)16-13-14-9-7-12(17-13)18-10-4-8-15-18/h1-10H,(H,14,16,17). The van der Waals surface area contributed by atoms with E-state index in [-0.39, 0.29) is 0 Å². The van der Waals surface area contributed by atoms with Crippen molar-refractivity contribution in [3.8, 4) is 5.82 Å². The molecule has 2 heterocycles. The van der Waals surface area contributed by atoms with E-state index in [1.165, 1.54) is 0 Å². The minimum absolute atomic E-state index is 0.550. The van der Waals surface area contributed by atoms with Crippen LogP contribution in [0.15, 0.2) is 61.1 Å². The van der Waals surface area contributed by atoms with Crippen molar-refractivity contribution in [2.24, 2.45) is 0 Å². The fourth-order valence-corrected chi connectivity index (χ4v) is 1.59. The van der Waals surface area contributed by atoms with Gasteiger partial charge >= 0.3 is 0 Å². The molecule has 0 radical (unpaired) electrons. The molecular formula is C13H11N5. The fourth-order valence-electron chi connectivity index (χ4n) is 1.59. The highest BCUT2D eigenvalue weighted by molar-refractivity contribution is 5.53. The van der Waals surface area contributed by atoms with Crippen LogP contribution in [-0.2, 0) is 0 Å². The molecule has 0 aliphatic rings. The number of nitrogens with zero attached hydrogens (tertiary/aromatic N) is 4. The van der Waals surface area contributed by atoms with Crippen molar-refractivity contribution in [1.82, 2.24) is 19.7 Å². The van der Waals surface area contributed by atoms with Crippen molar-refractivity contribution in [2.45, 2.75) is 0 Å². The minimum atomic E-state index is 0.550. The van der Waals surface area contributed by atoms with E-state index < -0.39 is 0 Å². The average Bonchev–Trinajstić information content (AvgIpc) is 2.94. The van der Waals surface area contributed by atoms with Crippen LogP contribution < -0.4 is 5.32 Å². The molecule has 0 fully saturated rings. The fraction of sp³-hybridized carbons (Fsp3) is 0. The quantitative estimate of drug-likeness (QED) is 0.760. The molecule has 0 unspecified atom stereocenters. The first-order valence-electron chi connectivity index (χ1n) is 5.57. The van der Waals surface area contributed by atoms with Crippen LogP contribution >= 0.6 is 0 Å². The van der Waals surface area contributed by atoms with Crippen molar-refractivity contribution in [2.75, 3.05) is 5.32 Å². The third-order valence-corrected chi connectivity index (χ3v) is 2.41. The van der Waals surface area contributed by atoms with Gasteiger partial charge in [0.25, 0.3) is 0 Å². The van der Waals surface area contributed by atoms with Gasteiger partial charge in [-0.15, -0.1) is 0 Å². The first-order chi connectivity index (χ1) is 8.92. The van der Waals surface area contributed by atoms with Gasteiger partial charge in [0, 0.05) is 30.3 Å². The molecule has 3 aromatic rings. The number of hydrogen-bond donors (Lipinski definition) is 1. The molecule has 5 nitrogen and oxygen atoms in total. The molecule has 0 amide bonds. The third kappa shape index (κ3) is 2.20. The van der Waals surface area contributed by atoms with Gasteiger partial charge < -0.3 is 5.32 Å². The van der Waals surface area contributed by atoms with Gasteiger partial charge in [-0.25, -0.2) is 9.67 Å². The highest BCUT2D eigenvalue weighted by atomic mass is 15.3. The monoisotopic (exact) mass is 237 g/mol. The SMILES string of the molecule is c1ccc(Nc2nccc(-n3cccn3)n2)cc1. The highest BCUT2D eigenvalue weighted by Gasteiger charge is 2.01. The van der Waals surface area contributed by atoms with Gasteiger partial charge in [-0.05, 0) is 18.2 Å². The normalized spacial score (nSPS) is 10.2. The Morgan fingerprint density at radius 2 is 1.83 bits per heavy atom. The van der Waals surface area contributed by atoms with Gasteiger partial charge in [-0.1, -0.05) is 18.2 Å². The zero-order chi connectivity index (χ0) is 12.2. The summed E-state index contributed by atoms with van der Waals surface area (Å²) < 4.78 is 1.69. The molecule has 0 aliphatic heterocycles. The Morgan fingerprint density at radius 1 is 0.944 bits per heavy atom. The summed E-state index contributed by atoms with van der Waals surface area (Å²) in [5.41, 5.74) is 0.954. The van der Waals surface area contributed by atoms with E-state index in [9.17, 15) is 0 Å². The molecular weight excluding hydrogens is 226 g/mol. The summed E-state index contributed by atoms with van der Waals surface area (Å²) in [6.07, 6.45) is 5.26. The Kier molecular flexibility index (Phi) is 2.71. The Balaban J connectivity index is 1.88. The van der Waals surface area contributed by atoms with Gasteiger partial charge in [0.05, 0.1) is 0 Å². The lowest BCUT2D eigenvalue weighted by molar-refractivity contribution is 0.842. The Labute approximate surface area is 104 Å². The lowest BCUT2D eigenvalue weighted by atomic mass is 10.3. The molecule has 0 aliphatic carbocycles. The van der Waals surface area contributed by atoms with Crippen LogP contribution in [0.25, 0.3) is 5.82 Å². The van der Waals surface area contributed by atoms with Gasteiger partial charge in [-0.2, -0.15) is 10.1 Å². The molecule has 2 aromatic heterocycles. The molecule has 0 atom stereocenters. The molecule has 3 rings (SSSR count). The summed E-state index contributed by atoms with van der Waals surface area (Å²) in [5, 5.41) is 7.28. The summed E-state index contributed by atoms with van der Waals surface area (Å²) in [5.74, 6) is 1.28. The molecule has 0 saturated carbocycles. The van der Waals surface area contributed by atoms with E-state index in [4.69, 9.17) is 0 Å². The number of para-hydroxylation sites is 1. The topological polar surface area (TPSA) is 55.6 Å². The maximum absolute atomic E-state index is 4.39. The van der Waals surface area contributed by atoms with Crippen LogP contribution in [0.4, 0.5) is 11.6 Å². The maximum atomic E-state index is 4.39. The van der Waals surface area contributed by atoms with E-state index >= 15 is 0 Å². The second kappa shape index (κ2) is 4.67. The van der Waals surface area contributed by atoms with E-state index in [1.54, 1.807) is 17.1 Å². The molecule has 5 heteroatoms. The minimum Gasteiger partial charge on any atom is -0.324 e. The zero-order valence-corrected chi connectivity index (χ0v) is 9.56. The van der Waals surface area contributed by atoms with Crippen LogP contribution in [0.1, 0.15) is 0 Å². The van der Waals surface area contributed by atoms with Gasteiger partial charge in [0.15, 0.2) is 5.82 Å². The van der Waals surface area contributed by atoms with Crippen LogP contribution in [0.2, 0.25) is 0 Å². The molecule has 1 N–H and O–H groups in total. The van der Waals surface area contributed by atoms with Gasteiger partial charge in [0.2, 0.25) is 5.95 Å². The maximum Gasteiger partial charge on any atom is 0.229 e. The lowest BCUT2D eigenvalue weighted by Crippen LogP contribution is -2.02.